The van der Waals surface area contributed by atoms with Crippen molar-refractivity contribution >= 4 is 10.1 Å². The zero-order valence-corrected chi connectivity index (χ0v) is 36.1. The topological polar surface area (TPSA) is 210 Å². The predicted octanol–water partition coefficient (Wildman–Crippen LogP) is 4.52. The molecule has 60 heavy (non-hydrogen) atoms. The lowest BCUT2D eigenvalue weighted by molar-refractivity contribution is -0.128. The van der Waals surface area contributed by atoms with Gasteiger partial charge >= 0.3 is 11.4 Å². The fourth-order valence-corrected chi connectivity index (χ4v) is 8.74. The summed E-state index contributed by atoms with van der Waals surface area (Å²) in [6, 6.07) is 19.2. The van der Waals surface area contributed by atoms with Gasteiger partial charge in [-0.25, -0.2) is 9.59 Å². The maximum atomic E-state index is 12.6. The highest BCUT2D eigenvalue weighted by atomic mass is 32.2. The maximum Gasteiger partial charge on any atom is 0.330 e. The van der Waals surface area contributed by atoms with Crippen LogP contribution < -0.4 is 22.5 Å². The molecule has 2 fully saturated rings. The molecule has 0 bridgehead atoms. The van der Waals surface area contributed by atoms with Crippen LogP contribution in [0.25, 0.3) is 0 Å². The van der Waals surface area contributed by atoms with E-state index in [0.29, 0.717) is 37.9 Å². The van der Waals surface area contributed by atoms with Crippen LogP contribution >= 0.6 is 0 Å². The number of H-pyrrole nitrogens is 2. The van der Waals surface area contributed by atoms with Crippen LogP contribution in [-0.4, -0.2) is 74.5 Å². The first-order valence-corrected chi connectivity index (χ1v) is 22.2. The number of hydrogen-bond donors (Lipinski definition) is 3. The standard InChI is InChI=1S/C22H30N2O7S.C21H28N2O5/c1-5-12-22(6-2)18(29-14-16-10-8-7-9-11-16)17(31-32(4,27)28)20(30-22)24-13-15(3)19(25)23-21(24)26;1-4-11-21(5-2)17(27-13-15-9-7-6-8-10-15)16(24)19(28-21)23-12-14(3)18(25)22-20(23)26/h7-11,13,17-18,20H,5-6,12,14H2,1-4H3,(H,23,25,26);6-10,12,16-17,19,24H,4-5,11,13H2,1-3H3,(H,22,25,26)/t17-,18?,20+,22-;16-,17?,19+,21-/m00/s1. The summed E-state index contributed by atoms with van der Waals surface area (Å²) in [5, 5.41) is 11.1. The molecule has 2 aromatic carbocycles. The lowest BCUT2D eigenvalue weighted by Gasteiger charge is -2.34. The van der Waals surface area contributed by atoms with E-state index in [1.165, 1.54) is 21.5 Å². The van der Waals surface area contributed by atoms with Gasteiger partial charge in [-0.15, -0.1) is 0 Å². The molecule has 0 spiro atoms. The van der Waals surface area contributed by atoms with Crippen LogP contribution in [0.15, 0.2) is 92.2 Å². The van der Waals surface area contributed by atoms with Gasteiger partial charge in [0.05, 0.1) is 30.7 Å². The minimum Gasteiger partial charge on any atom is -0.386 e. The normalized spacial score (nSPS) is 26.5. The van der Waals surface area contributed by atoms with Gasteiger partial charge < -0.3 is 24.1 Å². The van der Waals surface area contributed by atoms with Crippen LogP contribution in [0.3, 0.4) is 0 Å². The average Bonchev–Trinajstić information content (AvgIpc) is 3.66. The molecular weight excluding hydrogens is 797 g/mol. The minimum absolute atomic E-state index is 0.218. The summed E-state index contributed by atoms with van der Waals surface area (Å²) in [6.07, 6.45) is 2.18. The molecule has 2 aliphatic heterocycles. The molecule has 2 saturated heterocycles. The van der Waals surface area contributed by atoms with Gasteiger partial charge in [0, 0.05) is 23.5 Å². The van der Waals surface area contributed by atoms with Gasteiger partial charge in [0.15, 0.2) is 18.6 Å². The van der Waals surface area contributed by atoms with Crippen molar-refractivity contribution < 1.29 is 36.7 Å². The first kappa shape index (κ1) is 46.6. The third-order valence-electron chi connectivity index (χ3n) is 11.1. The number of benzene rings is 2. The Kier molecular flexibility index (Phi) is 15.5. The first-order valence-electron chi connectivity index (χ1n) is 20.4. The van der Waals surface area contributed by atoms with Gasteiger partial charge in [-0.2, -0.15) is 8.42 Å². The smallest absolute Gasteiger partial charge is 0.330 e. The van der Waals surface area contributed by atoms with E-state index in [0.717, 1.165) is 30.2 Å². The molecule has 8 atom stereocenters. The van der Waals surface area contributed by atoms with Gasteiger partial charge in [-0.05, 0) is 50.7 Å². The van der Waals surface area contributed by atoms with Crippen molar-refractivity contribution in [3.05, 3.63) is 137 Å². The Bertz CT molecular complexity index is 2380. The average molecular weight is 855 g/mol. The Morgan fingerprint density at radius 1 is 0.683 bits per heavy atom. The van der Waals surface area contributed by atoms with Crippen molar-refractivity contribution in [3.8, 4) is 0 Å². The number of aromatic nitrogens is 4. The van der Waals surface area contributed by atoms with Crippen LogP contribution in [-0.2, 0) is 46.5 Å². The second-order valence-corrected chi connectivity index (χ2v) is 17.1. The number of nitrogens with zero attached hydrogens (tertiary/aromatic N) is 2. The molecule has 2 aliphatic rings. The van der Waals surface area contributed by atoms with Crippen molar-refractivity contribution in [3.63, 3.8) is 0 Å². The van der Waals surface area contributed by atoms with Crippen LogP contribution in [0.1, 0.15) is 101 Å². The molecule has 328 valence electrons. The lowest BCUT2D eigenvalue weighted by Crippen LogP contribution is -2.46. The Morgan fingerprint density at radius 2 is 1.10 bits per heavy atom. The zero-order valence-electron chi connectivity index (χ0n) is 35.3. The molecule has 0 radical (unpaired) electrons. The van der Waals surface area contributed by atoms with Crippen molar-refractivity contribution in [2.24, 2.45) is 0 Å². The Hall–Kier alpha value is -4.49. The second kappa shape index (κ2) is 19.9. The lowest BCUT2D eigenvalue weighted by atomic mass is 9.87. The fourth-order valence-electron chi connectivity index (χ4n) is 8.14. The molecule has 3 N–H and O–H groups in total. The van der Waals surface area contributed by atoms with Gasteiger partial charge in [0.2, 0.25) is 0 Å². The first-order chi connectivity index (χ1) is 28.5. The van der Waals surface area contributed by atoms with Crippen LogP contribution in [0.2, 0.25) is 0 Å². The van der Waals surface area contributed by atoms with Crippen LogP contribution in [0, 0.1) is 13.8 Å². The highest BCUT2D eigenvalue weighted by Crippen LogP contribution is 2.46. The quantitative estimate of drug-likeness (QED) is 0.133. The van der Waals surface area contributed by atoms with E-state index in [2.05, 4.69) is 9.97 Å². The maximum absolute atomic E-state index is 12.6. The number of aliphatic hydroxyl groups is 1. The molecular formula is C43H58N4O12S. The second-order valence-electron chi connectivity index (χ2n) is 15.5. The summed E-state index contributed by atoms with van der Waals surface area (Å²) in [5.74, 6) is 0. The molecule has 2 unspecified atom stereocenters. The zero-order chi connectivity index (χ0) is 43.8. The minimum atomic E-state index is -3.92. The Morgan fingerprint density at radius 3 is 1.53 bits per heavy atom. The van der Waals surface area contributed by atoms with Gasteiger partial charge in [-0.1, -0.05) is 101 Å². The third kappa shape index (κ3) is 10.5. The number of rotatable bonds is 16. The van der Waals surface area contributed by atoms with Crippen molar-refractivity contribution in [1.29, 1.82) is 0 Å². The molecule has 0 aliphatic carbocycles. The van der Waals surface area contributed by atoms with E-state index in [1.807, 2.05) is 88.4 Å². The van der Waals surface area contributed by atoms with Gasteiger partial charge in [0.1, 0.15) is 18.3 Å². The number of aryl methyl sites for hydroxylation is 2. The summed E-state index contributed by atoms with van der Waals surface area (Å²) in [6.45, 7) is 11.7. The van der Waals surface area contributed by atoms with E-state index >= 15 is 0 Å². The largest absolute Gasteiger partial charge is 0.386 e. The number of hydrogen-bond acceptors (Lipinski definition) is 12. The van der Waals surface area contributed by atoms with E-state index < -0.39 is 80.7 Å². The van der Waals surface area contributed by atoms with Gasteiger partial charge in [0.25, 0.3) is 21.2 Å². The molecule has 2 aromatic heterocycles. The molecule has 0 saturated carbocycles. The van der Waals surface area contributed by atoms with Crippen molar-refractivity contribution in [1.82, 2.24) is 19.1 Å². The molecule has 6 rings (SSSR count). The summed E-state index contributed by atoms with van der Waals surface area (Å²) in [7, 11) is -3.92. The van der Waals surface area contributed by atoms with E-state index in [-0.39, 0.29) is 12.2 Å². The highest BCUT2D eigenvalue weighted by Gasteiger charge is 2.58. The number of nitrogens with one attached hydrogen (secondary N) is 2. The van der Waals surface area contributed by atoms with E-state index in [4.69, 9.17) is 23.1 Å². The Balaban J connectivity index is 0.000000230. The number of ether oxygens (including phenoxy) is 4. The van der Waals surface area contributed by atoms with Crippen LogP contribution in [0.5, 0.6) is 0 Å². The Labute approximate surface area is 349 Å². The monoisotopic (exact) mass is 854 g/mol. The number of aliphatic hydroxyl groups excluding tert-OH is 1. The number of aromatic amines is 2. The molecule has 0 amide bonds. The summed E-state index contributed by atoms with van der Waals surface area (Å²) in [5.41, 5.74) is -1.30. The molecule has 16 nitrogen and oxygen atoms in total. The molecule has 17 heteroatoms. The molecule has 4 aromatic rings. The highest BCUT2D eigenvalue weighted by molar-refractivity contribution is 7.86. The van der Waals surface area contributed by atoms with Crippen molar-refractivity contribution in [2.75, 3.05) is 6.26 Å². The van der Waals surface area contributed by atoms with E-state index in [9.17, 15) is 32.7 Å². The predicted molar refractivity (Wildman–Crippen MR) is 224 cm³/mol. The summed E-state index contributed by atoms with van der Waals surface area (Å²) < 4.78 is 57.3. The molecule has 4 heterocycles. The van der Waals surface area contributed by atoms with Gasteiger partial charge in [-0.3, -0.25) is 32.9 Å². The van der Waals surface area contributed by atoms with Crippen molar-refractivity contribution in [2.45, 2.75) is 141 Å². The summed E-state index contributed by atoms with van der Waals surface area (Å²) >= 11 is 0. The fraction of sp³-hybridized carbons (Fsp3) is 0.535. The van der Waals surface area contributed by atoms with E-state index in [1.54, 1.807) is 13.8 Å². The third-order valence-corrected chi connectivity index (χ3v) is 11.7. The van der Waals surface area contributed by atoms with Crippen LogP contribution in [0.4, 0.5) is 0 Å². The summed E-state index contributed by atoms with van der Waals surface area (Å²) in [4.78, 5) is 53.0. The SMILES string of the molecule is CCC[C@]1(CC)O[C@@H](n2cc(C)c(=O)[nH]c2=O)[C@@H](O)C1OCc1ccccc1.CCC[C@]1(CC)O[C@@H](n2cc(C)c(=O)[nH]c2=O)[C@@H](OS(C)(=O)=O)C1OCc1ccccc1.